The molecule has 0 radical (unpaired) electrons. The van der Waals surface area contributed by atoms with Crippen molar-refractivity contribution in [3.8, 4) is 22.8 Å². The number of hydrogen-bond acceptors (Lipinski definition) is 5. The predicted molar refractivity (Wildman–Crippen MR) is 106 cm³/mol. The Bertz CT molecular complexity index is 903. The topological polar surface area (TPSA) is 73.6 Å². The maximum Gasteiger partial charge on any atom is 0.220 e. The number of carbonyl (C=O) groups is 1. The summed E-state index contributed by atoms with van der Waals surface area (Å²) in [7, 11) is 3.26. The first kappa shape index (κ1) is 19.5. The minimum absolute atomic E-state index is 0.0155. The summed E-state index contributed by atoms with van der Waals surface area (Å²) >= 11 is 0. The fourth-order valence-corrected chi connectivity index (χ4v) is 2.82. The van der Waals surface area contributed by atoms with Crippen LogP contribution in [0.1, 0.15) is 24.1 Å². The first-order valence-electron chi connectivity index (χ1n) is 9.17. The van der Waals surface area contributed by atoms with Crippen molar-refractivity contribution in [3.63, 3.8) is 0 Å². The van der Waals surface area contributed by atoms with Gasteiger partial charge in [-0.15, -0.1) is 0 Å². The number of methoxy groups -OCH3 is 2. The van der Waals surface area contributed by atoms with Crippen molar-refractivity contribution in [2.45, 2.75) is 25.8 Å². The molecule has 28 heavy (non-hydrogen) atoms. The van der Waals surface area contributed by atoms with Gasteiger partial charge in [0.1, 0.15) is 11.5 Å². The molecule has 0 unspecified atom stereocenters. The van der Waals surface area contributed by atoms with Crippen molar-refractivity contribution in [1.29, 1.82) is 0 Å². The van der Waals surface area contributed by atoms with E-state index in [4.69, 9.17) is 14.0 Å². The zero-order valence-electron chi connectivity index (χ0n) is 16.1. The molecule has 0 aliphatic heterocycles. The van der Waals surface area contributed by atoms with Crippen LogP contribution in [0.3, 0.4) is 0 Å². The molecule has 3 rings (SSSR count). The SMILES string of the molecule is COc1ccc(-c2cc(CCCC(=O)NCc3cccc(OC)c3)no2)cc1. The van der Waals surface area contributed by atoms with Gasteiger partial charge in [-0.3, -0.25) is 4.79 Å². The van der Waals surface area contributed by atoms with E-state index in [2.05, 4.69) is 10.5 Å². The van der Waals surface area contributed by atoms with Crippen LogP contribution in [0.15, 0.2) is 59.1 Å². The van der Waals surface area contributed by atoms with Crippen LogP contribution >= 0.6 is 0 Å². The largest absolute Gasteiger partial charge is 0.497 e. The van der Waals surface area contributed by atoms with Crippen LogP contribution < -0.4 is 14.8 Å². The van der Waals surface area contributed by atoms with Crippen LogP contribution in [-0.2, 0) is 17.8 Å². The van der Waals surface area contributed by atoms with Gasteiger partial charge in [0.2, 0.25) is 5.91 Å². The third-order valence-corrected chi connectivity index (χ3v) is 4.39. The van der Waals surface area contributed by atoms with Crippen molar-refractivity contribution in [3.05, 3.63) is 65.9 Å². The molecule has 146 valence electrons. The fourth-order valence-electron chi connectivity index (χ4n) is 2.82. The van der Waals surface area contributed by atoms with Crippen LogP contribution in [0.2, 0.25) is 0 Å². The van der Waals surface area contributed by atoms with E-state index in [0.29, 0.717) is 31.6 Å². The number of rotatable bonds is 9. The molecule has 0 spiro atoms. The van der Waals surface area contributed by atoms with E-state index in [9.17, 15) is 4.79 Å². The zero-order chi connectivity index (χ0) is 19.8. The van der Waals surface area contributed by atoms with Crippen LogP contribution in [0.5, 0.6) is 11.5 Å². The highest BCUT2D eigenvalue weighted by molar-refractivity contribution is 5.75. The van der Waals surface area contributed by atoms with Crippen molar-refractivity contribution in [1.82, 2.24) is 10.5 Å². The summed E-state index contributed by atoms with van der Waals surface area (Å²) in [6.07, 6.45) is 1.83. The number of ether oxygens (including phenoxy) is 2. The van der Waals surface area contributed by atoms with Gasteiger partial charge in [0.25, 0.3) is 0 Å². The highest BCUT2D eigenvalue weighted by Crippen LogP contribution is 2.23. The number of nitrogens with zero attached hydrogens (tertiary/aromatic N) is 1. The molecule has 3 aromatic rings. The highest BCUT2D eigenvalue weighted by Gasteiger charge is 2.08. The quantitative estimate of drug-likeness (QED) is 0.607. The molecular weight excluding hydrogens is 356 g/mol. The lowest BCUT2D eigenvalue weighted by atomic mass is 10.1. The predicted octanol–water partition coefficient (Wildman–Crippen LogP) is 4.00. The molecule has 0 saturated carbocycles. The van der Waals surface area contributed by atoms with Crippen molar-refractivity contribution in [2.75, 3.05) is 14.2 Å². The van der Waals surface area contributed by atoms with Gasteiger partial charge in [-0.25, -0.2) is 0 Å². The molecule has 0 aliphatic carbocycles. The summed E-state index contributed by atoms with van der Waals surface area (Å²) < 4.78 is 15.7. The van der Waals surface area contributed by atoms with Gasteiger partial charge in [0.15, 0.2) is 5.76 Å². The zero-order valence-corrected chi connectivity index (χ0v) is 16.1. The first-order chi connectivity index (χ1) is 13.7. The van der Waals surface area contributed by atoms with Gasteiger partial charge in [-0.1, -0.05) is 17.3 Å². The number of benzene rings is 2. The molecule has 1 aromatic heterocycles. The molecule has 6 heteroatoms. The maximum absolute atomic E-state index is 12.1. The summed E-state index contributed by atoms with van der Waals surface area (Å²) in [4.78, 5) is 12.1. The Kier molecular flexibility index (Phi) is 6.68. The Labute approximate surface area is 164 Å². The first-order valence-corrected chi connectivity index (χ1v) is 9.17. The third kappa shape index (κ3) is 5.36. The molecular formula is C22H24N2O4. The lowest BCUT2D eigenvalue weighted by molar-refractivity contribution is -0.121. The van der Waals surface area contributed by atoms with E-state index < -0.39 is 0 Å². The molecule has 0 bridgehead atoms. The standard InChI is InChI=1S/C22H24N2O4/c1-26-19-11-9-17(10-12-19)21-14-18(24-28-21)6-4-8-22(25)23-15-16-5-3-7-20(13-16)27-2/h3,5,7,9-14H,4,6,8,15H2,1-2H3,(H,23,25). The Hall–Kier alpha value is -3.28. The monoisotopic (exact) mass is 380 g/mol. The Morgan fingerprint density at radius 1 is 1.04 bits per heavy atom. The maximum atomic E-state index is 12.1. The van der Waals surface area contributed by atoms with Gasteiger partial charge in [0, 0.05) is 24.6 Å². The Balaban J connectivity index is 1.43. The van der Waals surface area contributed by atoms with Crippen molar-refractivity contribution >= 4 is 5.91 Å². The van der Waals surface area contributed by atoms with Crippen LogP contribution in [0.25, 0.3) is 11.3 Å². The average Bonchev–Trinajstić information content (AvgIpc) is 3.21. The highest BCUT2D eigenvalue weighted by atomic mass is 16.5. The summed E-state index contributed by atoms with van der Waals surface area (Å²) in [6.45, 7) is 0.488. The van der Waals surface area contributed by atoms with Crippen LogP contribution in [0, 0.1) is 0 Å². The molecule has 2 aromatic carbocycles. The van der Waals surface area contributed by atoms with Gasteiger partial charge in [-0.2, -0.15) is 0 Å². The smallest absolute Gasteiger partial charge is 0.220 e. The van der Waals surface area contributed by atoms with Gasteiger partial charge >= 0.3 is 0 Å². The van der Waals surface area contributed by atoms with E-state index in [1.807, 2.05) is 54.6 Å². The molecule has 0 saturated heterocycles. The summed E-state index contributed by atoms with van der Waals surface area (Å²) in [5.74, 6) is 2.30. The Morgan fingerprint density at radius 3 is 2.57 bits per heavy atom. The number of carbonyl (C=O) groups excluding carboxylic acids is 1. The van der Waals surface area contributed by atoms with Gasteiger partial charge < -0.3 is 19.3 Å². The second-order valence-corrected chi connectivity index (χ2v) is 6.39. The number of amides is 1. The van der Waals surface area contributed by atoms with E-state index >= 15 is 0 Å². The lowest BCUT2D eigenvalue weighted by Gasteiger charge is -2.06. The number of aromatic nitrogens is 1. The summed E-state index contributed by atoms with van der Waals surface area (Å²) in [5, 5.41) is 7.02. The van der Waals surface area contributed by atoms with Crippen LogP contribution in [0.4, 0.5) is 0 Å². The van der Waals surface area contributed by atoms with E-state index in [-0.39, 0.29) is 5.91 Å². The van der Waals surface area contributed by atoms with Crippen LogP contribution in [-0.4, -0.2) is 25.3 Å². The Morgan fingerprint density at radius 2 is 1.82 bits per heavy atom. The van der Waals surface area contributed by atoms with Crippen molar-refractivity contribution < 1.29 is 18.8 Å². The van der Waals surface area contributed by atoms with Crippen molar-refractivity contribution in [2.24, 2.45) is 0 Å². The normalized spacial score (nSPS) is 10.5. The van der Waals surface area contributed by atoms with Gasteiger partial charge in [0.05, 0.1) is 19.9 Å². The molecule has 1 N–H and O–H groups in total. The third-order valence-electron chi connectivity index (χ3n) is 4.39. The molecule has 0 atom stereocenters. The molecule has 6 nitrogen and oxygen atoms in total. The second kappa shape index (κ2) is 9.60. The number of aryl methyl sites for hydroxylation is 1. The second-order valence-electron chi connectivity index (χ2n) is 6.39. The summed E-state index contributed by atoms with van der Waals surface area (Å²) in [5.41, 5.74) is 2.79. The summed E-state index contributed by atoms with van der Waals surface area (Å²) in [6, 6.07) is 17.2. The fraction of sp³-hybridized carbons (Fsp3) is 0.273. The van der Waals surface area contributed by atoms with E-state index in [0.717, 1.165) is 28.3 Å². The van der Waals surface area contributed by atoms with Gasteiger partial charge in [-0.05, 0) is 54.8 Å². The molecule has 1 heterocycles. The molecule has 0 aliphatic rings. The average molecular weight is 380 g/mol. The minimum Gasteiger partial charge on any atom is -0.497 e. The van der Waals surface area contributed by atoms with E-state index in [1.165, 1.54) is 0 Å². The minimum atomic E-state index is 0.0155. The molecule has 1 amide bonds. The lowest BCUT2D eigenvalue weighted by Crippen LogP contribution is -2.22. The molecule has 0 fully saturated rings. The van der Waals surface area contributed by atoms with E-state index in [1.54, 1.807) is 14.2 Å². The number of nitrogens with one attached hydrogen (secondary N) is 1. The number of hydrogen-bond donors (Lipinski definition) is 1.